The van der Waals surface area contributed by atoms with Crippen molar-refractivity contribution < 1.29 is 9.90 Å². The summed E-state index contributed by atoms with van der Waals surface area (Å²) in [6.07, 6.45) is 6.64. The SMILES string of the molecule is Cc1cccc2cc(-c3nc([C@H]4CC[C@H](C(=O)O)CC4)n4ccnc(N)c34)sc12. The topological polar surface area (TPSA) is 93.5 Å². The summed E-state index contributed by atoms with van der Waals surface area (Å²) in [5, 5.41) is 10.5. The molecule has 3 N–H and O–H groups in total. The molecule has 5 rings (SSSR count). The van der Waals surface area contributed by atoms with Gasteiger partial charge >= 0.3 is 5.97 Å². The van der Waals surface area contributed by atoms with Gasteiger partial charge in [0.15, 0.2) is 0 Å². The molecule has 4 aromatic rings. The zero-order valence-corrected chi connectivity index (χ0v) is 16.9. The van der Waals surface area contributed by atoms with E-state index in [-0.39, 0.29) is 11.8 Å². The first-order valence-electron chi connectivity index (χ1n) is 9.87. The van der Waals surface area contributed by atoms with Crippen LogP contribution in [0.5, 0.6) is 0 Å². The molecule has 3 aromatic heterocycles. The smallest absolute Gasteiger partial charge is 0.306 e. The molecule has 0 bridgehead atoms. The van der Waals surface area contributed by atoms with Crippen LogP contribution in [0.3, 0.4) is 0 Å². The molecule has 29 heavy (non-hydrogen) atoms. The summed E-state index contributed by atoms with van der Waals surface area (Å²) in [5.74, 6) is 0.724. The summed E-state index contributed by atoms with van der Waals surface area (Å²) in [4.78, 5) is 21.7. The van der Waals surface area contributed by atoms with Gasteiger partial charge in [-0.05, 0) is 49.6 Å². The summed E-state index contributed by atoms with van der Waals surface area (Å²) in [5.41, 5.74) is 9.24. The van der Waals surface area contributed by atoms with Crippen molar-refractivity contribution >= 4 is 38.7 Å². The van der Waals surface area contributed by atoms with E-state index in [9.17, 15) is 9.90 Å². The molecule has 0 atom stereocenters. The highest BCUT2D eigenvalue weighted by atomic mass is 32.1. The fourth-order valence-corrected chi connectivity index (χ4v) is 5.59. The number of imidazole rings is 1. The minimum Gasteiger partial charge on any atom is -0.481 e. The van der Waals surface area contributed by atoms with Crippen LogP contribution in [-0.2, 0) is 4.79 Å². The third-order valence-corrected chi connectivity index (χ3v) is 7.32. The van der Waals surface area contributed by atoms with Gasteiger partial charge in [0.1, 0.15) is 22.9 Å². The predicted molar refractivity (Wildman–Crippen MR) is 115 cm³/mol. The van der Waals surface area contributed by atoms with E-state index in [2.05, 4.69) is 40.6 Å². The number of nitrogens with zero attached hydrogens (tertiary/aromatic N) is 3. The number of fused-ring (bicyclic) bond motifs is 2. The minimum absolute atomic E-state index is 0.227. The molecule has 7 heteroatoms. The lowest BCUT2D eigenvalue weighted by Crippen LogP contribution is -2.21. The average molecular weight is 407 g/mol. The fraction of sp³-hybridized carbons (Fsp3) is 0.318. The highest BCUT2D eigenvalue weighted by molar-refractivity contribution is 7.22. The van der Waals surface area contributed by atoms with Crippen molar-refractivity contribution in [2.75, 3.05) is 5.73 Å². The summed E-state index contributed by atoms with van der Waals surface area (Å²) in [6.45, 7) is 2.12. The van der Waals surface area contributed by atoms with Gasteiger partial charge in [-0.3, -0.25) is 9.20 Å². The van der Waals surface area contributed by atoms with Crippen LogP contribution >= 0.6 is 11.3 Å². The highest BCUT2D eigenvalue weighted by Crippen LogP contribution is 2.41. The molecule has 148 valence electrons. The van der Waals surface area contributed by atoms with Crippen LogP contribution < -0.4 is 5.73 Å². The standard InChI is InChI=1S/C22H22N4O2S/c1-12-3-2-4-15-11-16(29-19(12)15)17-18-20(23)24-9-10-26(18)21(25-17)13-5-7-14(8-6-13)22(27)28/h2-4,9-11,13-14H,5-8H2,1H3,(H2,23,24)(H,27,28)/t13-,14-. The number of carboxylic acids is 1. The average Bonchev–Trinajstić information content (AvgIpc) is 3.31. The zero-order valence-electron chi connectivity index (χ0n) is 16.1. The van der Waals surface area contributed by atoms with Gasteiger partial charge in [-0.15, -0.1) is 11.3 Å². The summed E-state index contributed by atoms with van der Waals surface area (Å²) < 4.78 is 3.32. The number of aromatic nitrogens is 3. The largest absolute Gasteiger partial charge is 0.481 e. The van der Waals surface area contributed by atoms with Crippen LogP contribution in [-0.4, -0.2) is 25.4 Å². The first kappa shape index (κ1) is 18.1. The van der Waals surface area contributed by atoms with Crippen LogP contribution in [0.4, 0.5) is 5.82 Å². The van der Waals surface area contributed by atoms with Crippen molar-refractivity contribution in [1.82, 2.24) is 14.4 Å². The summed E-state index contributed by atoms with van der Waals surface area (Å²) in [6, 6.07) is 8.49. The number of aryl methyl sites for hydroxylation is 1. The van der Waals surface area contributed by atoms with Gasteiger partial charge in [-0.1, -0.05) is 18.2 Å². The van der Waals surface area contributed by atoms with Crippen molar-refractivity contribution in [2.24, 2.45) is 5.92 Å². The Morgan fingerprint density at radius 1 is 1.28 bits per heavy atom. The number of benzene rings is 1. The minimum atomic E-state index is -0.689. The Balaban J connectivity index is 1.63. The van der Waals surface area contributed by atoms with E-state index in [0.29, 0.717) is 18.7 Å². The van der Waals surface area contributed by atoms with Crippen LogP contribution in [0.1, 0.15) is 43.0 Å². The predicted octanol–water partition coefficient (Wildman–Crippen LogP) is 4.86. The fourth-order valence-electron chi connectivity index (χ4n) is 4.47. The first-order chi connectivity index (χ1) is 14.0. The Hall–Kier alpha value is -2.93. The number of carbonyl (C=O) groups is 1. The number of hydrogen-bond donors (Lipinski definition) is 2. The first-order valence-corrected chi connectivity index (χ1v) is 10.7. The van der Waals surface area contributed by atoms with Crippen LogP contribution in [0.15, 0.2) is 36.7 Å². The Bertz CT molecular complexity index is 1230. The monoisotopic (exact) mass is 406 g/mol. The Labute approximate surface area is 172 Å². The number of rotatable bonds is 3. The van der Waals surface area contributed by atoms with E-state index in [1.165, 1.54) is 15.6 Å². The maximum Gasteiger partial charge on any atom is 0.306 e. The molecule has 1 aliphatic carbocycles. The van der Waals surface area contributed by atoms with E-state index in [4.69, 9.17) is 10.7 Å². The van der Waals surface area contributed by atoms with Gasteiger partial charge in [-0.2, -0.15) is 0 Å². The maximum atomic E-state index is 11.3. The second-order valence-corrected chi connectivity index (χ2v) is 8.89. The highest BCUT2D eigenvalue weighted by Gasteiger charge is 2.30. The molecule has 1 aromatic carbocycles. The lowest BCUT2D eigenvalue weighted by molar-refractivity contribution is -0.142. The van der Waals surface area contributed by atoms with Gasteiger partial charge in [0.05, 0.1) is 10.8 Å². The molecule has 1 aliphatic rings. The molecule has 1 fully saturated rings. The normalized spacial score (nSPS) is 19.8. The lowest BCUT2D eigenvalue weighted by atomic mass is 9.81. The molecule has 0 aliphatic heterocycles. The van der Waals surface area contributed by atoms with Crippen molar-refractivity contribution in [2.45, 2.75) is 38.5 Å². The number of nitrogen functional groups attached to an aromatic ring is 1. The molecule has 0 spiro atoms. The number of aliphatic carboxylic acids is 1. The van der Waals surface area contributed by atoms with Crippen molar-refractivity contribution in [3.05, 3.63) is 48.0 Å². The van der Waals surface area contributed by atoms with Gasteiger partial charge in [0, 0.05) is 23.0 Å². The number of anilines is 1. The summed E-state index contributed by atoms with van der Waals surface area (Å²) >= 11 is 1.73. The molecule has 6 nitrogen and oxygen atoms in total. The van der Waals surface area contributed by atoms with Gasteiger partial charge < -0.3 is 10.8 Å². The third-order valence-electron chi connectivity index (χ3n) is 6.03. The second kappa shape index (κ2) is 6.84. The lowest BCUT2D eigenvalue weighted by Gasteiger charge is -2.25. The van der Waals surface area contributed by atoms with Crippen molar-refractivity contribution in [3.8, 4) is 10.6 Å². The van der Waals surface area contributed by atoms with Crippen molar-refractivity contribution in [3.63, 3.8) is 0 Å². The number of carboxylic acid groups (broad SMARTS) is 1. The quantitative estimate of drug-likeness (QED) is 0.507. The van der Waals surface area contributed by atoms with E-state index < -0.39 is 5.97 Å². The van der Waals surface area contributed by atoms with Crippen LogP contribution in [0, 0.1) is 12.8 Å². The van der Waals surface area contributed by atoms with E-state index in [1.807, 2.05) is 6.20 Å². The molecule has 3 heterocycles. The molecule has 1 saturated carbocycles. The molecule has 0 radical (unpaired) electrons. The number of hydrogen-bond acceptors (Lipinski definition) is 5. The maximum absolute atomic E-state index is 11.3. The molecular weight excluding hydrogens is 384 g/mol. The van der Waals surface area contributed by atoms with Crippen LogP contribution in [0.25, 0.3) is 26.2 Å². The van der Waals surface area contributed by atoms with Gasteiger partial charge in [-0.25, -0.2) is 9.97 Å². The number of nitrogens with two attached hydrogens (primary N) is 1. The summed E-state index contributed by atoms with van der Waals surface area (Å²) in [7, 11) is 0. The van der Waals surface area contributed by atoms with Crippen LogP contribution in [0.2, 0.25) is 0 Å². The van der Waals surface area contributed by atoms with E-state index in [0.717, 1.165) is 34.8 Å². The zero-order chi connectivity index (χ0) is 20.1. The Morgan fingerprint density at radius 2 is 2.07 bits per heavy atom. The van der Waals surface area contributed by atoms with Gasteiger partial charge in [0.2, 0.25) is 0 Å². The molecule has 0 amide bonds. The van der Waals surface area contributed by atoms with E-state index in [1.54, 1.807) is 17.5 Å². The molecule has 0 unspecified atom stereocenters. The second-order valence-electron chi connectivity index (χ2n) is 7.84. The molecular formula is C22H22N4O2S. The molecule has 0 saturated heterocycles. The van der Waals surface area contributed by atoms with Gasteiger partial charge in [0.25, 0.3) is 0 Å². The Kier molecular flexibility index (Phi) is 4.28. The van der Waals surface area contributed by atoms with E-state index >= 15 is 0 Å². The van der Waals surface area contributed by atoms with Crippen molar-refractivity contribution in [1.29, 1.82) is 0 Å². The number of thiophene rings is 1. The Morgan fingerprint density at radius 3 is 2.79 bits per heavy atom. The third kappa shape index (κ3) is 2.97.